The molecule has 0 unspecified atom stereocenters. The number of fused-ring (bicyclic) bond motifs is 3. The molecule has 4 aromatic rings. The van der Waals surface area contributed by atoms with Gasteiger partial charge in [0.25, 0.3) is 0 Å². The number of hydrogen-bond acceptors (Lipinski definition) is 2. The van der Waals surface area contributed by atoms with Gasteiger partial charge < -0.3 is 10.2 Å². The van der Waals surface area contributed by atoms with Crippen molar-refractivity contribution in [3.05, 3.63) is 96.1 Å². The lowest BCUT2D eigenvalue weighted by Gasteiger charge is -2.02. The third-order valence-corrected chi connectivity index (χ3v) is 4.04. The Morgan fingerprint density at radius 2 is 0.846 bits per heavy atom. The first-order chi connectivity index (χ1) is 12.6. The Labute approximate surface area is 149 Å². The Balaban J connectivity index is 0.000000153. The quantitative estimate of drug-likeness (QED) is 0.498. The van der Waals surface area contributed by atoms with Gasteiger partial charge in [-0.15, -0.1) is 0 Å². The first kappa shape index (κ1) is 17.2. The smallest absolute Gasteiger partial charge is 0.336 e. The zero-order valence-electron chi connectivity index (χ0n) is 13.8. The van der Waals surface area contributed by atoms with Gasteiger partial charge in [-0.25, -0.2) is 9.59 Å². The molecule has 0 saturated carbocycles. The molecular weight excluding hydrogens is 328 g/mol. The molecule has 0 bridgehead atoms. The van der Waals surface area contributed by atoms with Crippen molar-refractivity contribution in [3.8, 4) is 0 Å². The van der Waals surface area contributed by atoms with Gasteiger partial charge in [0.1, 0.15) is 0 Å². The molecule has 0 heterocycles. The van der Waals surface area contributed by atoms with Crippen molar-refractivity contribution in [1.82, 2.24) is 0 Å². The molecule has 0 atom stereocenters. The number of carboxylic acid groups (broad SMARTS) is 2. The van der Waals surface area contributed by atoms with Crippen LogP contribution in [0.25, 0.3) is 21.5 Å². The van der Waals surface area contributed by atoms with E-state index in [4.69, 9.17) is 10.2 Å². The van der Waals surface area contributed by atoms with Crippen LogP contribution in [0.2, 0.25) is 0 Å². The van der Waals surface area contributed by atoms with Gasteiger partial charge in [0.05, 0.1) is 11.1 Å². The monoisotopic (exact) mass is 344 g/mol. The van der Waals surface area contributed by atoms with Gasteiger partial charge in [-0.1, -0.05) is 72.8 Å². The maximum atomic E-state index is 10.5. The van der Waals surface area contributed by atoms with Crippen molar-refractivity contribution in [2.24, 2.45) is 0 Å². The third kappa shape index (κ3) is 3.54. The van der Waals surface area contributed by atoms with Crippen molar-refractivity contribution >= 4 is 33.5 Å². The molecule has 0 radical (unpaired) electrons. The molecule has 128 valence electrons. The molecule has 4 aromatic carbocycles. The molecule has 2 N–H and O–H groups in total. The fourth-order valence-corrected chi connectivity index (χ4v) is 2.81. The van der Waals surface area contributed by atoms with Crippen LogP contribution >= 0.6 is 0 Å². The minimum absolute atomic E-state index is 0.190. The molecule has 0 fully saturated rings. The SMILES string of the molecule is O=C(O)c1ccccc1C(=O)O.c1ccc2c(c1)ccc1ccccc12. The number of benzene rings is 4. The molecule has 0 amide bonds. The molecule has 26 heavy (non-hydrogen) atoms. The number of carboxylic acids is 2. The maximum absolute atomic E-state index is 10.5. The first-order valence-corrected chi connectivity index (χ1v) is 8.00. The van der Waals surface area contributed by atoms with E-state index in [0.29, 0.717) is 0 Å². The molecule has 0 aliphatic carbocycles. The van der Waals surface area contributed by atoms with Crippen LogP contribution in [0.15, 0.2) is 84.9 Å². The maximum Gasteiger partial charge on any atom is 0.336 e. The summed E-state index contributed by atoms with van der Waals surface area (Å²) in [6.45, 7) is 0. The van der Waals surface area contributed by atoms with Gasteiger partial charge in [0, 0.05) is 0 Å². The predicted molar refractivity (Wildman–Crippen MR) is 102 cm³/mol. The van der Waals surface area contributed by atoms with Gasteiger partial charge in [0.2, 0.25) is 0 Å². The normalized spacial score (nSPS) is 10.2. The lowest BCUT2D eigenvalue weighted by molar-refractivity contribution is 0.0651. The van der Waals surface area contributed by atoms with Gasteiger partial charge in [-0.05, 0) is 33.7 Å². The minimum Gasteiger partial charge on any atom is -0.478 e. The number of aromatic carboxylic acids is 2. The van der Waals surface area contributed by atoms with Crippen LogP contribution in [-0.2, 0) is 0 Å². The van der Waals surface area contributed by atoms with Crippen molar-refractivity contribution in [2.75, 3.05) is 0 Å². The molecule has 0 spiro atoms. The Kier molecular flexibility index (Phi) is 4.94. The topological polar surface area (TPSA) is 74.6 Å². The largest absolute Gasteiger partial charge is 0.478 e. The highest BCUT2D eigenvalue weighted by Gasteiger charge is 2.13. The summed E-state index contributed by atoms with van der Waals surface area (Å²) < 4.78 is 0. The lowest BCUT2D eigenvalue weighted by atomic mass is 10.0. The van der Waals surface area contributed by atoms with E-state index in [1.165, 1.54) is 45.8 Å². The summed E-state index contributed by atoms with van der Waals surface area (Å²) in [5, 5.41) is 22.4. The van der Waals surface area contributed by atoms with Crippen molar-refractivity contribution < 1.29 is 19.8 Å². The highest BCUT2D eigenvalue weighted by Crippen LogP contribution is 2.24. The average molecular weight is 344 g/mol. The van der Waals surface area contributed by atoms with E-state index in [0.717, 1.165) is 0 Å². The number of carbonyl (C=O) groups is 2. The summed E-state index contributed by atoms with van der Waals surface area (Å²) in [5.74, 6) is -2.46. The van der Waals surface area contributed by atoms with E-state index in [9.17, 15) is 9.59 Å². The van der Waals surface area contributed by atoms with Crippen LogP contribution < -0.4 is 0 Å². The molecule has 0 aromatic heterocycles. The molecule has 4 rings (SSSR count). The summed E-state index contributed by atoms with van der Waals surface area (Å²) in [5.41, 5.74) is -0.380. The second-order valence-electron chi connectivity index (χ2n) is 5.66. The third-order valence-electron chi connectivity index (χ3n) is 4.04. The van der Waals surface area contributed by atoms with E-state index in [1.54, 1.807) is 0 Å². The Bertz CT molecular complexity index is 1010. The van der Waals surface area contributed by atoms with Gasteiger partial charge in [-0.2, -0.15) is 0 Å². The van der Waals surface area contributed by atoms with Crippen LogP contribution in [0.4, 0.5) is 0 Å². The molecular formula is C22H16O4. The lowest BCUT2D eigenvalue weighted by Crippen LogP contribution is -2.06. The molecule has 0 saturated heterocycles. The van der Waals surface area contributed by atoms with Crippen molar-refractivity contribution in [2.45, 2.75) is 0 Å². The molecule has 4 heteroatoms. The average Bonchev–Trinajstić information content (AvgIpc) is 2.68. The standard InChI is InChI=1S/C14H10.C8H6O4/c1-3-7-13-11(5-1)9-10-12-6-2-4-8-14(12)13;9-7(10)5-3-1-2-4-6(5)8(11)12/h1-10H;1-4H,(H,9,10)(H,11,12). The highest BCUT2D eigenvalue weighted by molar-refractivity contribution is 6.07. The summed E-state index contributed by atoms with van der Waals surface area (Å²) in [4.78, 5) is 20.9. The number of rotatable bonds is 2. The molecule has 0 aliphatic heterocycles. The molecule has 0 aliphatic rings. The van der Waals surface area contributed by atoms with Crippen LogP contribution in [0.1, 0.15) is 20.7 Å². The van der Waals surface area contributed by atoms with Crippen LogP contribution in [0.5, 0.6) is 0 Å². The zero-order valence-corrected chi connectivity index (χ0v) is 13.8. The van der Waals surface area contributed by atoms with E-state index >= 15 is 0 Å². The van der Waals surface area contributed by atoms with Gasteiger partial charge >= 0.3 is 11.9 Å². The second kappa shape index (κ2) is 7.49. The first-order valence-electron chi connectivity index (χ1n) is 8.00. The van der Waals surface area contributed by atoms with E-state index in [1.807, 2.05) is 0 Å². The van der Waals surface area contributed by atoms with Crippen LogP contribution in [0, 0.1) is 0 Å². The van der Waals surface area contributed by atoms with E-state index in [2.05, 4.69) is 60.7 Å². The Hall–Kier alpha value is -3.66. The highest BCUT2D eigenvalue weighted by atomic mass is 16.4. The summed E-state index contributed by atoms with van der Waals surface area (Å²) in [6, 6.07) is 26.8. The fraction of sp³-hybridized carbons (Fsp3) is 0. The van der Waals surface area contributed by atoms with Crippen LogP contribution in [-0.4, -0.2) is 22.2 Å². The minimum atomic E-state index is -1.23. The Morgan fingerprint density at radius 1 is 0.500 bits per heavy atom. The van der Waals surface area contributed by atoms with Gasteiger partial charge in [0.15, 0.2) is 0 Å². The predicted octanol–water partition coefficient (Wildman–Crippen LogP) is 5.08. The zero-order chi connectivity index (χ0) is 18.5. The second-order valence-corrected chi connectivity index (χ2v) is 5.66. The van der Waals surface area contributed by atoms with Crippen molar-refractivity contribution in [3.63, 3.8) is 0 Å². The summed E-state index contributed by atoms with van der Waals surface area (Å²) >= 11 is 0. The fourth-order valence-electron chi connectivity index (χ4n) is 2.81. The van der Waals surface area contributed by atoms with Crippen molar-refractivity contribution in [1.29, 1.82) is 0 Å². The van der Waals surface area contributed by atoms with E-state index < -0.39 is 11.9 Å². The number of hydrogen-bond donors (Lipinski definition) is 2. The molecule has 4 nitrogen and oxygen atoms in total. The van der Waals surface area contributed by atoms with E-state index in [-0.39, 0.29) is 11.1 Å². The van der Waals surface area contributed by atoms with Gasteiger partial charge in [-0.3, -0.25) is 0 Å². The van der Waals surface area contributed by atoms with Crippen LogP contribution in [0.3, 0.4) is 0 Å². The summed E-state index contributed by atoms with van der Waals surface area (Å²) in [6.07, 6.45) is 0. The summed E-state index contributed by atoms with van der Waals surface area (Å²) in [7, 11) is 0. The Morgan fingerprint density at radius 3 is 1.23 bits per heavy atom.